The SMILES string of the molecule is Nc1nnc(NC(=O)CCC2CCCC2)s1. The Hall–Kier alpha value is -1.17. The number of nitrogens with two attached hydrogens (primary N) is 1. The molecule has 88 valence electrons. The zero-order valence-corrected chi connectivity index (χ0v) is 9.92. The second-order valence-electron chi connectivity index (χ2n) is 4.18. The average Bonchev–Trinajstić information content (AvgIpc) is 2.87. The van der Waals surface area contributed by atoms with Crippen molar-refractivity contribution in [1.82, 2.24) is 10.2 Å². The maximum Gasteiger partial charge on any atom is 0.226 e. The third kappa shape index (κ3) is 3.16. The highest BCUT2D eigenvalue weighted by Gasteiger charge is 2.16. The van der Waals surface area contributed by atoms with Crippen LogP contribution in [0.25, 0.3) is 0 Å². The third-order valence-corrected chi connectivity index (χ3v) is 3.61. The minimum atomic E-state index is 0.0167. The van der Waals surface area contributed by atoms with Crippen LogP contribution in [0.3, 0.4) is 0 Å². The lowest BCUT2D eigenvalue weighted by atomic mass is 10.0. The van der Waals surface area contributed by atoms with E-state index in [1.54, 1.807) is 0 Å². The molecule has 1 heterocycles. The Labute approximate surface area is 98.4 Å². The van der Waals surface area contributed by atoms with E-state index in [0.717, 1.165) is 12.3 Å². The Bertz CT molecular complexity index is 359. The van der Waals surface area contributed by atoms with Gasteiger partial charge in [0, 0.05) is 6.42 Å². The van der Waals surface area contributed by atoms with Gasteiger partial charge >= 0.3 is 0 Å². The number of carbonyl (C=O) groups is 1. The van der Waals surface area contributed by atoms with Crippen LogP contribution in [0.2, 0.25) is 0 Å². The van der Waals surface area contributed by atoms with Gasteiger partial charge in [0.1, 0.15) is 0 Å². The summed E-state index contributed by atoms with van der Waals surface area (Å²) >= 11 is 1.20. The second kappa shape index (κ2) is 5.25. The molecule has 0 bridgehead atoms. The van der Waals surface area contributed by atoms with Gasteiger partial charge in [-0.3, -0.25) is 4.79 Å². The van der Waals surface area contributed by atoms with Crippen LogP contribution >= 0.6 is 11.3 Å². The van der Waals surface area contributed by atoms with Crippen LogP contribution in [0.15, 0.2) is 0 Å². The fourth-order valence-electron chi connectivity index (χ4n) is 2.10. The quantitative estimate of drug-likeness (QED) is 0.843. The van der Waals surface area contributed by atoms with Crippen LogP contribution < -0.4 is 11.1 Å². The highest BCUT2D eigenvalue weighted by atomic mass is 32.1. The summed E-state index contributed by atoms with van der Waals surface area (Å²) in [6.45, 7) is 0. The Morgan fingerprint density at radius 3 is 2.81 bits per heavy atom. The molecule has 1 fully saturated rings. The molecule has 0 atom stereocenters. The largest absolute Gasteiger partial charge is 0.374 e. The maximum absolute atomic E-state index is 11.6. The highest BCUT2D eigenvalue weighted by molar-refractivity contribution is 7.18. The first-order valence-electron chi connectivity index (χ1n) is 5.63. The normalized spacial score (nSPS) is 16.5. The molecule has 2 rings (SSSR count). The Kier molecular flexibility index (Phi) is 3.71. The minimum Gasteiger partial charge on any atom is -0.374 e. The number of carbonyl (C=O) groups excluding carboxylic acids is 1. The van der Waals surface area contributed by atoms with Gasteiger partial charge in [0.2, 0.25) is 16.2 Å². The van der Waals surface area contributed by atoms with Crippen molar-refractivity contribution in [3.05, 3.63) is 0 Å². The van der Waals surface area contributed by atoms with Crippen molar-refractivity contribution in [3.63, 3.8) is 0 Å². The van der Waals surface area contributed by atoms with Crippen LogP contribution in [-0.4, -0.2) is 16.1 Å². The van der Waals surface area contributed by atoms with Crippen LogP contribution in [0.5, 0.6) is 0 Å². The predicted octanol–water partition coefficient (Wildman–Crippen LogP) is 2.03. The summed E-state index contributed by atoms with van der Waals surface area (Å²) in [5, 5.41) is 11.0. The van der Waals surface area contributed by atoms with Crippen LogP contribution in [0, 0.1) is 5.92 Å². The summed E-state index contributed by atoms with van der Waals surface area (Å²) in [6.07, 6.45) is 6.75. The molecule has 1 aromatic heterocycles. The summed E-state index contributed by atoms with van der Waals surface area (Å²) in [5.41, 5.74) is 5.42. The maximum atomic E-state index is 11.6. The molecular formula is C10H16N4OS. The number of hydrogen-bond donors (Lipinski definition) is 2. The fourth-order valence-corrected chi connectivity index (χ4v) is 2.63. The van der Waals surface area contributed by atoms with Crippen molar-refractivity contribution >= 4 is 27.5 Å². The smallest absolute Gasteiger partial charge is 0.226 e. The van der Waals surface area contributed by atoms with E-state index >= 15 is 0 Å². The lowest BCUT2D eigenvalue weighted by Gasteiger charge is -2.07. The van der Waals surface area contributed by atoms with E-state index in [1.807, 2.05) is 0 Å². The van der Waals surface area contributed by atoms with E-state index in [-0.39, 0.29) is 5.91 Å². The fraction of sp³-hybridized carbons (Fsp3) is 0.700. The molecular weight excluding hydrogens is 224 g/mol. The average molecular weight is 240 g/mol. The molecule has 0 aliphatic heterocycles. The first kappa shape index (κ1) is 11.3. The number of aromatic nitrogens is 2. The zero-order chi connectivity index (χ0) is 11.4. The molecule has 1 aromatic rings. The topological polar surface area (TPSA) is 80.9 Å². The van der Waals surface area contributed by atoms with Gasteiger partial charge in [-0.1, -0.05) is 37.0 Å². The summed E-state index contributed by atoms with van der Waals surface area (Å²) < 4.78 is 0. The lowest BCUT2D eigenvalue weighted by molar-refractivity contribution is -0.116. The van der Waals surface area contributed by atoms with Gasteiger partial charge in [-0.15, -0.1) is 10.2 Å². The number of nitrogens with zero attached hydrogens (tertiary/aromatic N) is 2. The lowest BCUT2D eigenvalue weighted by Crippen LogP contribution is -2.12. The van der Waals surface area contributed by atoms with Crippen molar-refractivity contribution in [3.8, 4) is 0 Å². The van der Waals surface area contributed by atoms with Gasteiger partial charge in [0.15, 0.2) is 0 Å². The van der Waals surface area contributed by atoms with E-state index in [1.165, 1.54) is 37.0 Å². The van der Waals surface area contributed by atoms with E-state index in [2.05, 4.69) is 15.5 Å². The number of amides is 1. The molecule has 6 heteroatoms. The number of anilines is 2. The van der Waals surface area contributed by atoms with Gasteiger partial charge in [-0.25, -0.2) is 0 Å². The molecule has 0 unspecified atom stereocenters. The molecule has 1 amide bonds. The molecule has 1 saturated carbocycles. The molecule has 5 nitrogen and oxygen atoms in total. The van der Waals surface area contributed by atoms with Crippen molar-refractivity contribution in [2.45, 2.75) is 38.5 Å². The summed E-state index contributed by atoms with van der Waals surface area (Å²) in [6, 6.07) is 0. The second-order valence-corrected chi connectivity index (χ2v) is 5.19. The molecule has 0 saturated heterocycles. The van der Waals surface area contributed by atoms with Crippen molar-refractivity contribution in [1.29, 1.82) is 0 Å². The Morgan fingerprint density at radius 1 is 1.44 bits per heavy atom. The first-order valence-corrected chi connectivity index (χ1v) is 6.44. The van der Waals surface area contributed by atoms with Gasteiger partial charge in [0.25, 0.3) is 0 Å². The van der Waals surface area contributed by atoms with E-state index in [9.17, 15) is 4.79 Å². The van der Waals surface area contributed by atoms with Crippen molar-refractivity contribution < 1.29 is 4.79 Å². The summed E-state index contributed by atoms with van der Waals surface area (Å²) in [5.74, 6) is 0.758. The van der Waals surface area contributed by atoms with E-state index < -0.39 is 0 Å². The molecule has 1 aliphatic carbocycles. The molecule has 0 spiro atoms. The van der Waals surface area contributed by atoms with Crippen LogP contribution in [0.4, 0.5) is 10.3 Å². The summed E-state index contributed by atoms with van der Waals surface area (Å²) in [7, 11) is 0. The molecule has 0 radical (unpaired) electrons. The molecule has 0 aromatic carbocycles. The third-order valence-electron chi connectivity index (χ3n) is 2.94. The number of rotatable bonds is 4. The van der Waals surface area contributed by atoms with Gasteiger partial charge in [0.05, 0.1) is 0 Å². The van der Waals surface area contributed by atoms with Gasteiger partial charge < -0.3 is 11.1 Å². The van der Waals surface area contributed by atoms with E-state index in [4.69, 9.17) is 5.73 Å². The Morgan fingerprint density at radius 2 is 2.19 bits per heavy atom. The first-order chi connectivity index (χ1) is 7.74. The monoisotopic (exact) mass is 240 g/mol. The minimum absolute atomic E-state index is 0.0167. The Balaban J connectivity index is 1.71. The van der Waals surface area contributed by atoms with Gasteiger partial charge in [-0.2, -0.15) is 0 Å². The van der Waals surface area contributed by atoms with Crippen molar-refractivity contribution in [2.24, 2.45) is 5.92 Å². The highest BCUT2D eigenvalue weighted by Crippen LogP contribution is 2.28. The zero-order valence-electron chi connectivity index (χ0n) is 9.11. The standard InChI is InChI=1S/C10H16N4OS/c11-9-13-14-10(16-9)12-8(15)6-5-7-3-1-2-4-7/h7H,1-6H2,(H2,11,13)(H,12,14,15). The summed E-state index contributed by atoms with van der Waals surface area (Å²) in [4.78, 5) is 11.6. The van der Waals surface area contributed by atoms with E-state index in [0.29, 0.717) is 16.7 Å². The van der Waals surface area contributed by atoms with Gasteiger partial charge in [-0.05, 0) is 12.3 Å². The number of nitrogens with one attached hydrogen (secondary N) is 1. The van der Waals surface area contributed by atoms with Crippen LogP contribution in [0.1, 0.15) is 38.5 Å². The van der Waals surface area contributed by atoms with Crippen LogP contribution in [-0.2, 0) is 4.79 Å². The van der Waals surface area contributed by atoms with Crippen molar-refractivity contribution in [2.75, 3.05) is 11.1 Å². The predicted molar refractivity (Wildman–Crippen MR) is 64.1 cm³/mol. The molecule has 3 N–H and O–H groups in total. The number of nitrogen functional groups attached to an aromatic ring is 1. The number of hydrogen-bond acceptors (Lipinski definition) is 5. The molecule has 16 heavy (non-hydrogen) atoms. The molecule has 1 aliphatic rings.